The number of likely N-dealkylation sites (tertiary alicyclic amines) is 1. The third kappa shape index (κ3) is 2.98. The Bertz CT molecular complexity index is 483. The Balaban J connectivity index is 1.98. The second kappa shape index (κ2) is 5.35. The van der Waals surface area contributed by atoms with Crippen molar-refractivity contribution < 1.29 is 4.79 Å². The van der Waals surface area contributed by atoms with Gasteiger partial charge in [0.25, 0.3) is 5.91 Å². The molecule has 2 heterocycles. The minimum absolute atomic E-state index is 0.0874. The molecule has 1 N–H and O–H groups in total. The number of rotatable bonds is 3. The lowest BCUT2D eigenvalue weighted by Crippen LogP contribution is -2.33. The van der Waals surface area contributed by atoms with Crippen molar-refractivity contribution in [3.05, 3.63) is 34.2 Å². The summed E-state index contributed by atoms with van der Waals surface area (Å²) in [7, 11) is 3.89. The van der Waals surface area contributed by atoms with Gasteiger partial charge in [0.1, 0.15) is 0 Å². The van der Waals surface area contributed by atoms with Crippen molar-refractivity contribution in [2.24, 2.45) is 5.92 Å². The van der Waals surface area contributed by atoms with Crippen LogP contribution in [0.2, 0.25) is 0 Å². The summed E-state index contributed by atoms with van der Waals surface area (Å²) in [6.45, 7) is 2.88. The molecule has 1 atom stereocenters. The van der Waals surface area contributed by atoms with Crippen LogP contribution in [-0.4, -0.2) is 54.4 Å². The van der Waals surface area contributed by atoms with Crippen LogP contribution in [0.4, 0.5) is 0 Å². The first-order chi connectivity index (χ1) is 8.56. The van der Waals surface area contributed by atoms with Crippen LogP contribution in [0.5, 0.6) is 0 Å². The van der Waals surface area contributed by atoms with E-state index in [-0.39, 0.29) is 11.5 Å². The van der Waals surface area contributed by atoms with E-state index in [9.17, 15) is 9.59 Å². The Morgan fingerprint density at radius 3 is 3.00 bits per heavy atom. The molecule has 0 spiro atoms. The van der Waals surface area contributed by atoms with Gasteiger partial charge < -0.3 is 14.8 Å². The summed E-state index contributed by atoms with van der Waals surface area (Å²) < 4.78 is 0. The molecule has 0 bridgehead atoms. The fourth-order valence-electron chi connectivity index (χ4n) is 2.44. The number of nitrogens with zero attached hydrogens (tertiary/aromatic N) is 2. The van der Waals surface area contributed by atoms with Gasteiger partial charge in [-0.25, -0.2) is 0 Å². The van der Waals surface area contributed by atoms with Gasteiger partial charge in [-0.1, -0.05) is 0 Å². The second-order valence-corrected chi connectivity index (χ2v) is 5.04. The Kier molecular flexibility index (Phi) is 3.81. The highest BCUT2D eigenvalue weighted by atomic mass is 16.2. The maximum Gasteiger partial charge on any atom is 0.253 e. The van der Waals surface area contributed by atoms with E-state index < -0.39 is 0 Å². The molecule has 0 radical (unpaired) electrons. The lowest BCUT2D eigenvalue weighted by molar-refractivity contribution is 0.0774. The first-order valence-corrected chi connectivity index (χ1v) is 6.19. The maximum absolute atomic E-state index is 12.1. The zero-order valence-electron chi connectivity index (χ0n) is 10.8. The fourth-order valence-corrected chi connectivity index (χ4v) is 2.44. The molecule has 0 saturated carbocycles. The molecular formula is C13H19N3O2. The van der Waals surface area contributed by atoms with Gasteiger partial charge in [0.15, 0.2) is 0 Å². The highest BCUT2D eigenvalue weighted by Crippen LogP contribution is 2.15. The summed E-state index contributed by atoms with van der Waals surface area (Å²) in [5.74, 6) is 0.446. The van der Waals surface area contributed by atoms with E-state index in [0.29, 0.717) is 11.5 Å². The molecule has 5 nitrogen and oxygen atoms in total. The van der Waals surface area contributed by atoms with E-state index in [2.05, 4.69) is 16.9 Å². The molecule has 0 aliphatic carbocycles. The number of aromatic nitrogens is 1. The Morgan fingerprint density at radius 2 is 2.39 bits per heavy atom. The van der Waals surface area contributed by atoms with Crippen LogP contribution in [0.15, 0.2) is 23.1 Å². The van der Waals surface area contributed by atoms with Gasteiger partial charge in [-0.15, -0.1) is 0 Å². The molecule has 1 fully saturated rings. The lowest BCUT2D eigenvalue weighted by atomic mass is 10.1. The molecule has 1 amide bonds. The minimum atomic E-state index is -0.241. The molecule has 18 heavy (non-hydrogen) atoms. The molecule has 1 aliphatic heterocycles. The standard InChI is InChI=1S/C13H19N3O2/c1-15-6-4-10(8-15)9-16(2)13(18)11-3-5-14-12(17)7-11/h3,5,7,10H,4,6,8-9H2,1-2H3,(H,14,17). The summed E-state index contributed by atoms with van der Waals surface area (Å²) in [6.07, 6.45) is 2.64. The van der Waals surface area contributed by atoms with Gasteiger partial charge in [-0.05, 0) is 32.0 Å². The number of hydrogen-bond acceptors (Lipinski definition) is 3. The molecule has 5 heteroatoms. The first-order valence-electron chi connectivity index (χ1n) is 6.19. The first kappa shape index (κ1) is 12.8. The SMILES string of the molecule is CN1CCC(CN(C)C(=O)c2cc[nH]c(=O)c2)C1. The topological polar surface area (TPSA) is 56.4 Å². The number of hydrogen-bond donors (Lipinski definition) is 1. The summed E-state index contributed by atoms with van der Waals surface area (Å²) in [4.78, 5) is 29.8. The number of nitrogens with one attached hydrogen (secondary N) is 1. The zero-order valence-corrected chi connectivity index (χ0v) is 10.8. The van der Waals surface area contributed by atoms with Crippen LogP contribution in [-0.2, 0) is 0 Å². The maximum atomic E-state index is 12.1. The van der Waals surface area contributed by atoms with E-state index in [1.165, 1.54) is 12.3 Å². The van der Waals surface area contributed by atoms with E-state index in [4.69, 9.17) is 0 Å². The van der Waals surface area contributed by atoms with Crippen LogP contribution in [0.3, 0.4) is 0 Å². The quantitative estimate of drug-likeness (QED) is 0.843. The van der Waals surface area contributed by atoms with Crippen LogP contribution in [0.1, 0.15) is 16.8 Å². The molecule has 98 valence electrons. The van der Waals surface area contributed by atoms with Crippen molar-refractivity contribution in [3.63, 3.8) is 0 Å². The van der Waals surface area contributed by atoms with E-state index in [1.54, 1.807) is 18.0 Å². The predicted octanol–water partition coefficient (Wildman–Crippen LogP) is 0.399. The molecule has 0 aromatic carbocycles. The number of pyridine rings is 1. The molecule has 1 saturated heterocycles. The Labute approximate surface area is 106 Å². The van der Waals surface area contributed by atoms with Crippen LogP contribution >= 0.6 is 0 Å². The minimum Gasteiger partial charge on any atom is -0.341 e. The fraction of sp³-hybridized carbons (Fsp3) is 0.538. The van der Waals surface area contributed by atoms with Gasteiger partial charge in [-0.2, -0.15) is 0 Å². The van der Waals surface area contributed by atoms with E-state index in [0.717, 1.165) is 26.1 Å². The molecule has 1 aromatic rings. The monoisotopic (exact) mass is 249 g/mol. The summed E-state index contributed by atoms with van der Waals surface area (Å²) in [5.41, 5.74) is 0.211. The highest BCUT2D eigenvalue weighted by molar-refractivity contribution is 5.93. The normalized spacial score (nSPS) is 20.0. The Morgan fingerprint density at radius 1 is 1.61 bits per heavy atom. The summed E-state index contributed by atoms with van der Waals surface area (Å²) >= 11 is 0. The molecule has 1 unspecified atom stereocenters. The van der Waals surface area contributed by atoms with Gasteiger partial charge >= 0.3 is 0 Å². The average molecular weight is 249 g/mol. The average Bonchev–Trinajstić information content (AvgIpc) is 2.73. The number of carbonyl (C=O) groups excluding carboxylic acids is 1. The third-order valence-electron chi connectivity index (χ3n) is 3.39. The van der Waals surface area contributed by atoms with Gasteiger partial charge in [-0.3, -0.25) is 9.59 Å². The Hall–Kier alpha value is -1.62. The van der Waals surface area contributed by atoms with Crippen LogP contribution < -0.4 is 5.56 Å². The van der Waals surface area contributed by atoms with Crippen molar-refractivity contribution in [3.8, 4) is 0 Å². The van der Waals surface area contributed by atoms with Crippen molar-refractivity contribution in [1.29, 1.82) is 0 Å². The third-order valence-corrected chi connectivity index (χ3v) is 3.39. The smallest absolute Gasteiger partial charge is 0.253 e. The largest absolute Gasteiger partial charge is 0.341 e. The van der Waals surface area contributed by atoms with Crippen molar-refractivity contribution in [2.75, 3.05) is 33.7 Å². The lowest BCUT2D eigenvalue weighted by Gasteiger charge is -2.21. The molecule has 1 aliphatic rings. The van der Waals surface area contributed by atoms with Gasteiger partial charge in [0, 0.05) is 38.0 Å². The van der Waals surface area contributed by atoms with Crippen molar-refractivity contribution in [1.82, 2.24) is 14.8 Å². The number of H-pyrrole nitrogens is 1. The van der Waals surface area contributed by atoms with Crippen LogP contribution in [0, 0.1) is 5.92 Å². The van der Waals surface area contributed by atoms with Gasteiger partial charge in [0.05, 0.1) is 0 Å². The van der Waals surface area contributed by atoms with E-state index >= 15 is 0 Å². The number of aromatic amines is 1. The molecular weight excluding hydrogens is 230 g/mol. The predicted molar refractivity (Wildman–Crippen MR) is 69.6 cm³/mol. The van der Waals surface area contributed by atoms with Gasteiger partial charge in [0.2, 0.25) is 5.56 Å². The molecule has 2 rings (SSSR count). The van der Waals surface area contributed by atoms with Crippen LogP contribution in [0.25, 0.3) is 0 Å². The highest BCUT2D eigenvalue weighted by Gasteiger charge is 2.23. The molecule has 1 aromatic heterocycles. The van der Waals surface area contributed by atoms with E-state index in [1.807, 2.05) is 0 Å². The summed E-state index contributed by atoms with van der Waals surface area (Å²) in [6, 6.07) is 2.99. The second-order valence-electron chi connectivity index (χ2n) is 5.04. The van der Waals surface area contributed by atoms with Crippen molar-refractivity contribution in [2.45, 2.75) is 6.42 Å². The zero-order chi connectivity index (χ0) is 13.1. The van der Waals surface area contributed by atoms with Crippen molar-refractivity contribution >= 4 is 5.91 Å². The number of amides is 1. The number of carbonyl (C=O) groups is 1. The summed E-state index contributed by atoms with van der Waals surface area (Å²) in [5, 5.41) is 0.